The summed E-state index contributed by atoms with van der Waals surface area (Å²) in [5, 5.41) is 0. The molecule has 1 heterocycles. The van der Waals surface area contributed by atoms with Crippen molar-refractivity contribution in [2.75, 3.05) is 0 Å². The van der Waals surface area contributed by atoms with Crippen LogP contribution in [-0.2, 0) is 6.61 Å². The van der Waals surface area contributed by atoms with Crippen molar-refractivity contribution in [1.29, 1.82) is 0 Å². The van der Waals surface area contributed by atoms with Crippen molar-refractivity contribution in [3.8, 4) is 16.9 Å². The fraction of sp³-hybridized carbons (Fsp3) is 0.100. The van der Waals surface area contributed by atoms with Crippen molar-refractivity contribution < 1.29 is 9.53 Å². The minimum absolute atomic E-state index is 0.00852. The fourth-order valence-corrected chi connectivity index (χ4v) is 2.38. The Kier molecular flexibility index (Phi) is 4.48. The number of carbonyl (C=O) groups excluding carboxylic acids is 1. The Bertz CT molecular complexity index is 798. The van der Waals surface area contributed by atoms with E-state index in [1.807, 2.05) is 60.7 Å². The largest absolute Gasteiger partial charge is 0.488 e. The van der Waals surface area contributed by atoms with E-state index in [4.69, 9.17) is 4.74 Å². The van der Waals surface area contributed by atoms with Gasteiger partial charge in [-0.3, -0.25) is 9.78 Å². The van der Waals surface area contributed by atoms with Crippen LogP contribution in [0, 0.1) is 0 Å². The van der Waals surface area contributed by atoms with Crippen LogP contribution in [0.15, 0.2) is 73.1 Å². The smallest absolute Gasteiger partial charge is 0.163 e. The zero-order chi connectivity index (χ0) is 16.1. The molecular formula is C20H17NO2. The van der Waals surface area contributed by atoms with Gasteiger partial charge in [0, 0.05) is 18.0 Å². The molecule has 0 aliphatic rings. The predicted molar refractivity (Wildman–Crippen MR) is 90.5 cm³/mol. The van der Waals surface area contributed by atoms with Crippen molar-refractivity contribution in [2.24, 2.45) is 0 Å². The van der Waals surface area contributed by atoms with Gasteiger partial charge in [-0.05, 0) is 36.2 Å². The summed E-state index contributed by atoms with van der Waals surface area (Å²) in [6, 6.07) is 19.4. The molecule has 0 saturated heterocycles. The molecule has 23 heavy (non-hydrogen) atoms. The van der Waals surface area contributed by atoms with Crippen LogP contribution in [0.25, 0.3) is 11.1 Å². The molecule has 0 atom stereocenters. The SMILES string of the molecule is CC(=O)c1ccc(-c2cccnc2)cc1OCc1ccccc1. The molecule has 0 bridgehead atoms. The van der Waals surface area contributed by atoms with Gasteiger partial charge >= 0.3 is 0 Å². The quantitative estimate of drug-likeness (QED) is 0.650. The first kappa shape index (κ1) is 15.0. The minimum Gasteiger partial charge on any atom is -0.488 e. The van der Waals surface area contributed by atoms with Crippen LogP contribution in [0.3, 0.4) is 0 Å². The van der Waals surface area contributed by atoms with Gasteiger partial charge in [-0.25, -0.2) is 0 Å². The number of rotatable bonds is 5. The second-order valence-corrected chi connectivity index (χ2v) is 5.28. The number of ether oxygens (including phenoxy) is 1. The number of hydrogen-bond donors (Lipinski definition) is 0. The Morgan fingerprint density at radius 3 is 2.52 bits per heavy atom. The highest BCUT2D eigenvalue weighted by atomic mass is 16.5. The van der Waals surface area contributed by atoms with Crippen LogP contribution >= 0.6 is 0 Å². The number of nitrogens with zero attached hydrogens (tertiary/aromatic N) is 1. The van der Waals surface area contributed by atoms with Gasteiger partial charge in [0.05, 0.1) is 5.56 Å². The topological polar surface area (TPSA) is 39.2 Å². The lowest BCUT2D eigenvalue weighted by Gasteiger charge is -2.12. The molecule has 0 saturated carbocycles. The highest BCUT2D eigenvalue weighted by Gasteiger charge is 2.11. The standard InChI is InChI=1S/C20H17NO2/c1-15(22)19-10-9-17(18-8-5-11-21-13-18)12-20(19)23-14-16-6-3-2-4-7-16/h2-13H,14H2,1H3. The van der Waals surface area contributed by atoms with E-state index in [1.54, 1.807) is 19.3 Å². The normalized spacial score (nSPS) is 10.3. The molecule has 3 nitrogen and oxygen atoms in total. The number of hydrogen-bond acceptors (Lipinski definition) is 3. The summed E-state index contributed by atoms with van der Waals surface area (Å²) in [4.78, 5) is 16.0. The van der Waals surface area contributed by atoms with Gasteiger partial charge in [0.15, 0.2) is 5.78 Å². The van der Waals surface area contributed by atoms with E-state index in [9.17, 15) is 4.79 Å². The Morgan fingerprint density at radius 1 is 1.00 bits per heavy atom. The van der Waals surface area contributed by atoms with Gasteiger partial charge in [0.25, 0.3) is 0 Å². The van der Waals surface area contributed by atoms with Gasteiger partial charge in [0.1, 0.15) is 12.4 Å². The van der Waals surface area contributed by atoms with Crippen LogP contribution in [0.1, 0.15) is 22.8 Å². The molecule has 114 valence electrons. The van der Waals surface area contributed by atoms with Crippen molar-refractivity contribution in [2.45, 2.75) is 13.5 Å². The van der Waals surface area contributed by atoms with E-state index in [0.29, 0.717) is 17.9 Å². The van der Waals surface area contributed by atoms with E-state index in [0.717, 1.165) is 16.7 Å². The van der Waals surface area contributed by atoms with E-state index in [2.05, 4.69) is 4.98 Å². The Balaban J connectivity index is 1.91. The van der Waals surface area contributed by atoms with Crippen LogP contribution in [0.2, 0.25) is 0 Å². The van der Waals surface area contributed by atoms with Crippen LogP contribution in [0.5, 0.6) is 5.75 Å². The number of aromatic nitrogens is 1. The molecule has 0 aliphatic heterocycles. The third-order valence-electron chi connectivity index (χ3n) is 3.59. The summed E-state index contributed by atoms with van der Waals surface area (Å²) in [7, 11) is 0. The molecule has 3 aromatic rings. The number of ketones is 1. The molecular weight excluding hydrogens is 286 g/mol. The zero-order valence-corrected chi connectivity index (χ0v) is 12.9. The summed E-state index contributed by atoms with van der Waals surface area (Å²) < 4.78 is 5.91. The van der Waals surface area contributed by atoms with Crippen LogP contribution < -0.4 is 4.74 Å². The van der Waals surface area contributed by atoms with E-state index < -0.39 is 0 Å². The molecule has 3 rings (SSSR count). The molecule has 0 radical (unpaired) electrons. The predicted octanol–water partition coefficient (Wildman–Crippen LogP) is 4.53. The second kappa shape index (κ2) is 6.88. The molecule has 0 amide bonds. The van der Waals surface area contributed by atoms with E-state index >= 15 is 0 Å². The Hall–Kier alpha value is -2.94. The molecule has 1 aromatic heterocycles. The number of pyridine rings is 1. The fourth-order valence-electron chi connectivity index (χ4n) is 2.38. The van der Waals surface area contributed by atoms with Crippen molar-refractivity contribution in [1.82, 2.24) is 4.98 Å². The number of carbonyl (C=O) groups is 1. The maximum Gasteiger partial charge on any atom is 0.163 e. The summed E-state index contributed by atoms with van der Waals surface area (Å²) >= 11 is 0. The summed E-state index contributed by atoms with van der Waals surface area (Å²) in [6.07, 6.45) is 3.53. The third-order valence-corrected chi connectivity index (χ3v) is 3.59. The third kappa shape index (κ3) is 3.64. The van der Waals surface area contributed by atoms with Crippen LogP contribution in [0.4, 0.5) is 0 Å². The number of Topliss-reactive ketones (excluding diaryl/α,β-unsaturated/α-hetero) is 1. The van der Waals surface area contributed by atoms with Crippen molar-refractivity contribution in [3.63, 3.8) is 0 Å². The summed E-state index contributed by atoms with van der Waals surface area (Å²) in [6.45, 7) is 1.98. The van der Waals surface area contributed by atoms with E-state index in [-0.39, 0.29) is 5.78 Å². The van der Waals surface area contributed by atoms with Gasteiger partial charge < -0.3 is 4.74 Å². The summed E-state index contributed by atoms with van der Waals surface area (Å²) in [5.74, 6) is 0.591. The molecule has 2 aromatic carbocycles. The molecule has 0 spiro atoms. The van der Waals surface area contributed by atoms with Gasteiger partial charge in [-0.1, -0.05) is 42.5 Å². The second-order valence-electron chi connectivity index (χ2n) is 5.28. The Morgan fingerprint density at radius 2 is 1.83 bits per heavy atom. The van der Waals surface area contributed by atoms with Crippen molar-refractivity contribution in [3.05, 3.63) is 84.2 Å². The lowest BCUT2D eigenvalue weighted by molar-refractivity contribution is 0.101. The molecule has 3 heteroatoms. The average molecular weight is 303 g/mol. The van der Waals surface area contributed by atoms with Crippen molar-refractivity contribution >= 4 is 5.78 Å². The van der Waals surface area contributed by atoms with Gasteiger partial charge in [-0.15, -0.1) is 0 Å². The van der Waals surface area contributed by atoms with Gasteiger partial charge in [-0.2, -0.15) is 0 Å². The number of benzene rings is 2. The van der Waals surface area contributed by atoms with Crippen LogP contribution in [-0.4, -0.2) is 10.8 Å². The first-order valence-corrected chi connectivity index (χ1v) is 7.46. The first-order valence-electron chi connectivity index (χ1n) is 7.46. The maximum absolute atomic E-state index is 11.8. The Labute approximate surface area is 135 Å². The zero-order valence-electron chi connectivity index (χ0n) is 12.9. The lowest BCUT2D eigenvalue weighted by atomic mass is 10.0. The molecule has 0 fully saturated rings. The minimum atomic E-state index is -0.00852. The monoisotopic (exact) mass is 303 g/mol. The highest BCUT2D eigenvalue weighted by Crippen LogP contribution is 2.28. The molecule has 0 unspecified atom stereocenters. The summed E-state index contributed by atoms with van der Waals surface area (Å²) in [5.41, 5.74) is 3.63. The first-order chi connectivity index (χ1) is 11.2. The van der Waals surface area contributed by atoms with Gasteiger partial charge in [0.2, 0.25) is 0 Å². The van der Waals surface area contributed by atoms with E-state index in [1.165, 1.54) is 0 Å². The molecule has 0 aliphatic carbocycles. The highest BCUT2D eigenvalue weighted by molar-refractivity contribution is 5.97. The molecule has 0 N–H and O–H groups in total. The lowest BCUT2D eigenvalue weighted by Crippen LogP contribution is -2.02. The average Bonchev–Trinajstić information content (AvgIpc) is 2.61. The maximum atomic E-state index is 11.8.